The van der Waals surface area contributed by atoms with Gasteiger partial charge in [-0.05, 0) is 32.8 Å². The first-order chi connectivity index (χ1) is 16.7. The molecule has 9 nitrogen and oxygen atoms in total. The van der Waals surface area contributed by atoms with Crippen molar-refractivity contribution < 1.29 is 39.1 Å². The molecular formula is C26H37NO8. The summed E-state index contributed by atoms with van der Waals surface area (Å²) in [7, 11) is 0. The molecule has 4 N–H and O–H groups in total. The molecule has 0 bridgehead atoms. The number of rotatable bonds is 13. The number of unbranched alkanes of at least 4 members (excludes halogenated alkanes) is 3. The van der Waals surface area contributed by atoms with E-state index >= 15 is 0 Å². The van der Waals surface area contributed by atoms with Gasteiger partial charge in [-0.3, -0.25) is 4.79 Å². The van der Waals surface area contributed by atoms with Crippen molar-refractivity contribution in [3.63, 3.8) is 0 Å². The first-order valence-electron chi connectivity index (χ1n) is 12.4. The number of nitrogens with one attached hydrogen (secondary N) is 1. The lowest BCUT2D eigenvalue weighted by Gasteiger charge is -2.38. The van der Waals surface area contributed by atoms with Crippen molar-refractivity contribution >= 4 is 22.8 Å². The minimum absolute atomic E-state index is 0.121. The monoisotopic (exact) mass is 491 g/mol. The molecule has 35 heavy (non-hydrogen) atoms. The van der Waals surface area contributed by atoms with Gasteiger partial charge in [0.15, 0.2) is 6.29 Å². The lowest BCUT2D eigenvalue weighted by Crippen LogP contribution is -2.49. The van der Waals surface area contributed by atoms with E-state index in [0.717, 1.165) is 43.0 Å². The number of hydrogen-bond acceptors (Lipinski definition) is 7. The molecule has 1 aromatic carbocycles. The predicted molar refractivity (Wildman–Crippen MR) is 129 cm³/mol. The topological polar surface area (TPSA) is 138 Å². The van der Waals surface area contributed by atoms with Crippen molar-refractivity contribution in [2.45, 2.75) is 102 Å². The maximum Gasteiger partial charge on any atom is 0.340 e. The van der Waals surface area contributed by atoms with Gasteiger partial charge >= 0.3 is 11.9 Å². The Balaban J connectivity index is 1.37. The molecule has 6 atom stereocenters. The quantitative estimate of drug-likeness (QED) is 0.245. The van der Waals surface area contributed by atoms with Crippen LogP contribution >= 0.6 is 0 Å². The molecule has 1 aromatic heterocycles. The number of aromatic nitrogens is 1. The second-order valence-corrected chi connectivity index (χ2v) is 9.39. The van der Waals surface area contributed by atoms with Crippen LogP contribution in [0.1, 0.15) is 75.6 Å². The lowest BCUT2D eigenvalue weighted by molar-refractivity contribution is -0.273. The van der Waals surface area contributed by atoms with E-state index in [1.165, 1.54) is 0 Å². The highest BCUT2D eigenvalue weighted by molar-refractivity contribution is 6.04. The maximum atomic E-state index is 12.7. The summed E-state index contributed by atoms with van der Waals surface area (Å²) >= 11 is 0. The van der Waals surface area contributed by atoms with Gasteiger partial charge in [-0.1, -0.05) is 43.9 Å². The molecule has 0 spiro atoms. The number of carboxylic acid groups (broad SMARTS) is 1. The van der Waals surface area contributed by atoms with Crippen molar-refractivity contribution in [1.29, 1.82) is 0 Å². The standard InChI is InChI=1S/C26H37NO8/c1-16(9-5-3-4-6-10-18(28)13-24(30)31)33-26-22(29)14-23(17(2)34-26)35-25(32)20-15-27-21-12-8-7-11-19(20)21/h7-8,11-12,15-18,22-23,26-29H,3-6,9-10,13-14H2,1-2H3,(H,30,31). The Bertz CT molecular complexity index is 960. The lowest BCUT2D eigenvalue weighted by atomic mass is 10.0. The van der Waals surface area contributed by atoms with Crippen LogP contribution in [0.25, 0.3) is 10.9 Å². The molecule has 2 aromatic rings. The highest BCUT2D eigenvalue weighted by atomic mass is 16.7. The van der Waals surface area contributed by atoms with E-state index in [0.29, 0.717) is 12.0 Å². The third kappa shape index (κ3) is 8.03. The van der Waals surface area contributed by atoms with Gasteiger partial charge in [0.2, 0.25) is 0 Å². The van der Waals surface area contributed by atoms with Crippen LogP contribution in [0, 0.1) is 0 Å². The Kier molecular flexibility index (Phi) is 10.1. The second-order valence-electron chi connectivity index (χ2n) is 9.39. The molecular weight excluding hydrogens is 454 g/mol. The number of hydrogen-bond donors (Lipinski definition) is 4. The molecule has 1 fully saturated rings. The SMILES string of the molecule is CC(CCCCCCC(O)CC(=O)O)OC1OC(C)C(OC(=O)c2c[nH]c3ccccc23)CC1O. The fourth-order valence-electron chi connectivity index (χ4n) is 4.40. The number of carboxylic acids is 1. The Labute approximate surface area is 205 Å². The molecule has 3 rings (SSSR count). The number of carbonyl (C=O) groups excluding carboxylic acids is 1. The minimum atomic E-state index is -0.983. The summed E-state index contributed by atoms with van der Waals surface area (Å²) in [5.41, 5.74) is 1.30. The summed E-state index contributed by atoms with van der Waals surface area (Å²) in [6, 6.07) is 7.49. The summed E-state index contributed by atoms with van der Waals surface area (Å²) in [6.45, 7) is 3.74. The van der Waals surface area contributed by atoms with E-state index in [9.17, 15) is 19.8 Å². The van der Waals surface area contributed by atoms with Crippen LogP contribution in [-0.2, 0) is 19.0 Å². The Morgan fingerprint density at radius 1 is 1.17 bits per heavy atom. The number of para-hydroxylation sites is 1. The molecule has 0 saturated carbocycles. The van der Waals surface area contributed by atoms with Gasteiger partial charge in [-0.25, -0.2) is 4.79 Å². The minimum Gasteiger partial charge on any atom is -0.481 e. The van der Waals surface area contributed by atoms with Gasteiger partial charge in [0.1, 0.15) is 12.2 Å². The van der Waals surface area contributed by atoms with Gasteiger partial charge in [-0.2, -0.15) is 0 Å². The van der Waals surface area contributed by atoms with Crippen molar-refractivity contribution in [3.05, 3.63) is 36.0 Å². The van der Waals surface area contributed by atoms with Crippen LogP contribution < -0.4 is 0 Å². The van der Waals surface area contributed by atoms with E-state index in [2.05, 4.69) is 4.98 Å². The summed E-state index contributed by atoms with van der Waals surface area (Å²) < 4.78 is 17.5. The van der Waals surface area contributed by atoms with Crippen LogP contribution in [0.2, 0.25) is 0 Å². The predicted octanol–water partition coefficient (Wildman–Crippen LogP) is 3.77. The molecule has 9 heteroatoms. The van der Waals surface area contributed by atoms with Gasteiger partial charge in [0.25, 0.3) is 0 Å². The summed E-state index contributed by atoms with van der Waals surface area (Å²) in [5.74, 6) is -1.44. The average molecular weight is 492 g/mol. The Morgan fingerprint density at radius 2 is 1.89 bits per heavy atom. The number of fused-ring (bicyclic) bond motifs is 1. The van der Waals surface area contributed by atoms with E-state index < -0.39 is 42.6 Å². The number of esters is 1. The number of aliphatic hydroxyl groups excluding tert-OH is 2. The zero-order valence-corrected chi connectivity index (χ0v) is 20.4. The number of carbonyl (C=O) groups is 2. The molecule has 1 aliphatic rings. The smallest absolute Gasteiger partial charge is 0.340 e. The van der Waals surface area contributed by atoms with Crippen LogP contribution in [-0.4, -0.2) is 69.1 Å². The van der Waals surface area contributed by atoms with Crippen LogP contribution in [0.15, 0.2) is 30.5 Å². The number of H-pyrrole nitrogens is 1. The third-order valence-corrected chi connectivity index (χ3v) is 6.40. The van der Waals surface area contributed by atoms with Crippen LogP contribution in [0.4, 0.5) is 0 Å². The number of ether oxygens (including phenoxy) is 3. The van der Waals surface area contributed by atoms with Crippen LogP contribution in [0.3, 0.4) is 0 Å². The Morgan fingerprint density at radius 3 is 2.63 bits per heavy atom. The third-order valence-electron chi connectivity index (χ3n) is 6.40. The summed E-state index contributed by atoms with van der Waals surface area (Å²) in [5, 5.41) is 29.6. The zero-order valence-electron chi connectivity index (χ0n) is 20.4. The number of aromatic amines is 1. The molecule has 1 saturated heterocycles. The zero-order chi connectivity index (χ0) is 25.4. The van der Waals surface area contributed by atoms with Gasteiger partial charge in [-0.15, -0.1) is 0 Å². The Hall–Kier alpha value is -2.46. The number of aliphatic hydroxyl groups is 2. The molecule has 194 valence electrons. The number of aliphatic carboxylic acids is 1. The molecule has 0 aliphatic carbocycles. The second kappa shape index (κ2) is 13.0. The molecule has 1 aliphatic heterocycles. The van der Waals surface area contributed by atoms with E-state index in [-0.39, 0.29) is 18.9 Å². The average Bonchev–Trinajstić information content (AvgIpc) is 3.23. The molecule has 0 amide bonds. The normalized spacial score (nSPS) is 24.2. The highest BCUT2D eigenvalue weighted by Crippen LogP contribution is 2.27. The van der Waals surface area contributed by atoms with E-state index in [1.807, 2.05) is 31.2 Å². The summed E-state index contributed by atoms with van der Waals surface area (Å²) in [6.07, 6.45) is 2.86. The molecule has 2 heterocycles. The fraction of sp³-hybridized carbons (Fsp3) is 0.615. The summed E-state index contributed by atoms with van der Waals surface area (Å²) in [4.78, 5) is 26.3. The van der Waals surface area contributed by atoms with Crippen molar-refractivity contribution in [2.75, 3.05) is 0 Å². The first kappa shape index (κ1) is 27.1. The van der Waals surface area contributed by atoms with Crippen molar-refractivity contribution in [1.82, 2.24) is 4.98 Å². The molecule has 0 radical (unpaired) electrons. The maximum absolute atomic E-state index is 12.7. The molecule has 6 unspecified atom stereocenters. The largest absolute Gasteiger partial charge is 0.481 e. The number of benzene rings is 1. The van der Waals surface area contributed by atoms with E-state index in [4.69, 9.17) is 19.3 Å². The van der Waals surface area contributed by atoms with Gasteiger partial charge in [0, 0.05) is 23.5 Å². The fourth-order valence-corrected chi connectivity index (χ4v) is 4.40. The van der Waals surface area contributed by atoms with Gasteiger partial charge < -0.3 is 34.5 Å². The van der Waals surface area contributed by atoms with Gasteiger partial charge in [0.05, 0.1) is 30.3 Å². The van der Waals surface area contributed by atoms with Crippen molar-refractivity contribution in [3.8, 4) is 0 Å². The highest BCUT2D eigenvalue weighted by Gasteiger charge is 2.38. The van der Waals surface area contributed by atoms with Crippen LogP contribution in [0.5, 0.6) is 0 Å². The van der Waals surface area contributed by atoms with Crippen molar-refractivity contribution in [2.24, 2.45) is 0 Å². The first-order valence-corrected chi connectivity index (χ1v) is 12.4. The van der Waals surface area contributed by atoms with E-state index in [1.54, 1.807) is 13.1 Å².